The summed E-state index contributed by atoms with van der Waals surface area (Å²) >= 11 is 8.06. The summed E-state index contributed by atoms with van der Waals surface area (Å²) in [6.07, 6.45) is 3.40. The second-order valence-corrected chi connectivity index (χ2v) is 11.9. The first-order valence-electron chi connectivity index (χ1n) is 11.1. The highest BCUT2D eigenvalue weighted by Crippen LogP contribution is 2.44. The first-order valence-corrected chi connectivity index (χ1v) is 14.2. The number of thiophene rings is 1. The van der Waals surface area contributed by atoms with Gasteiger partial charge in [-0.25, -0.2) is 13.1 Å². The molecule has 11 heteroatoms. The first kappa shape index (κ1) is 23.5. The van der Waals surface area contributed by atoms with Crippen molar-refractivity contribution in [3.8, 4) is 16.9 Å². The quantitative estimate of drug-likeness (QED) is 0.518. The summed E-state index contributed by atoms with van der Waals surface area (Å²) in [4.78, 5) is 20.4. The maximum atomic E-state index is 13.1. The molecular formula is C23H25ClN4O4S2. The number of piperazine rings is 1. The zero-order chi connectivity index (χ0) is 23.9. The molecule has 1 saturated heterocycles. The minimum Gasteiger partial charge on any atom is -0.479 e. The molecule has 8 nitrogen and oxygen atoms in total. The summed E-state index contributed by atoms with van der Waals surface area (Å²) in [6, 6.07) is 7.66. The van der Waals surface area contributed by atoms with Crippen LogP contribution >= 0.6 is 22.9 Å². The van der Waals surface area contributed by atoms with Crippen molar-refractivity contribution >= 4 is 49.1 Å². The van der Waals surface area contributed by atoms with Gasteiger partial charge in [-0.1, -0.05) is 11.6 Å². The summed E-state index contributed by atoms with van der Waals surface area (Å²) in [5.41, 5.74) is 3.53. The molecule has 4 heterocycles. The highest BCUT2D eigenvalue weighted by molar-refractivity contribution is 7.88. The van der Waals surface area contributed by atoms with E-state index in [-0.39, 0.29) is 5.91 Å². The molecule has 0 radical (unpaired) electrons. The van der Waals surface area contributed by atoms with Crippen LogP contribution in [0.2, 0.25) is 5.02 Å². The molecule has 34 heavy (non-hydrogen) atoms. The number of halogens is 1. The fourth-order valence-corrected chi connectivity index (χ4v) is 6.29. The number of carbonyl (C=O) groups is 1. The Morgan fingerprint density at radius 2 is 2.09 bits per heavy atom. The normalized spacial score (nSPS) is 18.2. The number of hydrogen-bond acceptors (Lipinski definition) is 7. The molecule has 0 bridgehead atoms. The first-order chi connectivity index (χ1) is 16.3. The topological polar surface area (TPSA) is 101 Å². The zero-order valence-electron chi connectivity index (χ0n) is 18.6. The number of ether oxygens (including phenoxy) is 1. The molecule has 0 saturated carbocycles. The SMILES string of the molecule is CS(=O)(=O)NCCc1cc2nccc(-c3cc(Cl)cc4c3O[C@@H](C(=O)N3CCNCC3)C4)c2s1. The average Bonchev–Trinajstić information content (AvgIpc) is 3.41. The highest BCUT2D eigenvalue weighted by atomic mass is 35.5. The summed E-state index contributed by atoms with van der Waals surface area (Å²) < 4.78 is 32.5. The van der Waals surface area contributed by atoms with E-state index < -0.39 is 16.1 Å². The van der Waals surface area contributed by atoms with Crippen LogP contribution in [0.15, 0.2) is 30.5 Å². The Labute approximate surface area is 207 Å². The summed E-state index contributed by atoms with van der Waals surface area (Å²) in [5, 5.41) is 3.85. The number of hydrogen-bond donors (Lipinski definition) is 2. The highest BCUT2D eigenvalue weighted by Gasteiger charge is 2.35. The largest absolute Gasteiger partial charge is 0.479 e. The van der Waals surface area contributed by atoms with Gasteiger partial charge in [0.05, 0.1) is 16.5 Å². The van der Waals surface area contributed by atoms with Gasteiger partial charge in [-0.05, 0) is 30.7 Å². The predicted octanol–water partition coefficient (Wildman–Crippen LogP) is 2.44. The van der Waals surface area contributed by atoms with Gasteiger partial charge < -0.3 is 15.0 Å². The number of fused-ring (bicyclic) bond motifs is 2. The van der Waals surface area contributed by atoms with E-state index >= 15 is 0 Å². The van der Waals surface area contributed by atoms with Gasteiger partial charge in [0.1, 0.15) is 5.75 Å². The van der Waals surface area contributed by atoms with Gasteiger partial charge in [-0.15, -0.1) is 11.3 Å². The molecule has 3 aromatic rings. The van der Waals surface area contributed by atoms with Crippen LogP contribution < -0.4 is 14.8 Å². The van der Waals surface area contributed by atoms with Crippen LogP contribution in [0.4, 0.5) is 0 Å². The third-order valence-electron chi connectivity index (χ3n) is 5.99. The maximum absolute atomic E-state index is 13.1. The molecule has 1 aromatic carbocycles. The number of aromatic nitrogens is 1. The van der Waals surface area contributed by atoms with E-state index in [1.165, 1.54) is 0 Å². The van der Waals surface area contributed by atoms with E-state index in [0.717, 1.165) is 51.1 Å². The number of pyridine rings is 1. The van der Waals surface area contributed by atoms with Crippen LogP contribution in [0.1, 0.15) is 10.4 Å². The van der Waals surface area contributed by atoms with Crippen molar-refractivity contribution in [3.05, 3.63) is 45.9 Å². The van der Waals surface area contributed by atoms with Crippen molar-refractivity contribution in [2.75, 3.05) is 39.0 Å². The standard InChI is InChI=1S/C23H25ClN4O4S2/c1-34(30,31)27-5-2-16-13-19-22(33-16)17(3-4-26-19)18-12-15(24)10-14-11-20(32-21(14)18)23(29)28-8-6-25-7-9-28/h3-4,10,12-13,20,25,27H,2,5-9,11H2,1H3/t20-/m1/s1. The smallest absolute Gasteiger partial charge is 0.264 e. The number of sulfonamides is 1. The molecule has 1 amide bonds. The molecule has 1 fully saturated rings. The lowest BCUT2D eigenvalue weighted by molar-refractivity contribution is -0.138. The van der Waals surface area contributed by atoms with Crippen molar-refractivity contribution in [3.63, 3.8) is 0 Å². The predicted molar refractivity (Wildman–Crippen MR) is 134 cm³/mol. The Morgan fingerprint density at radius 1 is 1.29 bits per heavy atom. The number of nitrogens with zero attached hydrogens (tertiary/aromatic N) is 2. The Bertz CT molecular complexity index is 1350. The second kappa shape index (κ2) is 9.43. The number of carbonyl (C=O) groups excluding carboxylic acids is 1. The van der Waals surface area contributed by atoms with E-state index in [2.05, 4.69) is 15.0 Å². The van der Waals surface area contributed by atoms with Gasteiger partial charge in [0.2, 0.25) is 10.0 Å². The second-order valence-electron chi connectivity index (χ2n) is 8.53. The van der Waals surface area contributed by atoms with Gasteiger partial charge in [0.25, 0.3) is 5.91 Å². The molecule has 2 N–H and O–H groups in total. The minimum absolute atomic E-state index is 0.0106. The van der Waals surface area contributed by atoms with Gasteiger partial charge in [0, 0.05) is 71.9 Å². The molecule has 2 aromatic heterocycles. The Hall–Kier alpha value is -2.24. The molecule has 0 aliphatic carbocycles. The summed E-state index contributed by atoms with van der Waals surface area (Å²) in [7, 11) is -3.23. The van der Waals surface area contributed by atoms with Gasteiger partial charge in [-0.3, -0.25) is 9.78 Å². The monoisotopic (exact) mass is 520 g/mol. The van der Waals surface area contributed by atoms with E-state index in [0.29, 0.717) is 43.2 Å². The van der Waals surface area contributed by atoms with E-state index in [9.17, 15) is 13.2 Å². The van der Waals surface area contributed by atoms with Crippen LogP contribution in [0.5, 0.6) is 5.75 Å². The van der Waals surface area contributed by atoms with Crippen LogP contribution in [0.25, 0.3) is 21.3 Å². The lowest BCUT2D eigenvalue weighted by atomic mass is 10.0. The summed E-state index contributed by atoms with van der Waals surface area (Å²) in [5.74, 6) is 0.704. The summed E-state index contributed by atoms with van der Waals surface area (Å²) in [6.45, 7) is 3.27. The number of amides is 1. The Kier molecular flexibility index (Phi) is 6.51. The van der Waals surface area contributed by atoms with Crippen LogP contribution in [-0.2, 0) is 27.7 Å². The number of rotatable bonds is 6. The number of benzene rings is 1. The zero-order valence-corrected chi connectivity index (χ0v) is 21.0. The molecule has 2 aliphatic rings. The molecule has 2 aliphatic heterocycles. The molecule has 0 unspecified atom stereocenters. The fourth-order valence-electron chi connectivity index (χ4n) is 4.43. The van der Waals surface area contributed by atoms with Crippen LogP contribution in [0, 0.1) is 0 Å². The molecular weight excluding hydrogens is 496 g/mol. The van der Waals surface area contributed by atoms with Gasteiger partial charge in [-0.2, -0.15) is 0 Å². The minimum atomic E-state index is -3.23. The third-order valence-corrected chi connectivity index (χ3v) is 8.15. The Balaban J connectivity index is 1.45. The molecule has 180 valence electrons. The van der Waals surface area contributed by atoms with Crippen molar-refractivity contribution < 1.29 is 17.9 Å². The molecule has 0 spiro atoms. The van der Waals surface area contributed by atoms with Crippen molar-refractivity contribution in [1.29, 1.82) is 0 Å². The fraction of sp³-hybridized carbons (Fsp3) is 0.391. The van der Waals surface area contributed by atoms with E-state index in [1.807, 2.05) is 29.2 Å². The lowest BCUT2D eigenvalue weighted by Crippen LogP contribution is -2.50. The van der Waals surface area contributed by atoms with E-state index in [4.69, 9.17) is 16.3 Å². The molecule has 1 atom stereocenters. The number of nitrogens with one attached hydrogen (secondary N) is 2. The average molecular weight is 521 g/mol. The van der Waals surface area contributed by atoms with Crippen molar-refractivity contribution in [2.24, 2.45) is 0 Å². The lowest BCUT2D eigenvalue weighted by Gasteiger charge is -2.29. The Morgan fingerprint density at radius 3 is 2.85 bits per heavy atom. The van der Waals surface area contributed by atoms with Crippen LogP contribution in [-0.4, -0.2) is 69.3 Å². The van der Waals surface area contributed by atoms with Crippen molar-refractivity contribution in [1.82, 2.24) is 19.9 Å². The van der Waals surface area contributed by atoms with Crippen LogP contribution in [0.3, 0.4) is 0 Å². The van der Waals surface area contributed by atoms with E-state index in [1.54, 1.807) is 17.5 Å². The third kappa shape index (κ3) is 4.92. The maximum Gasteiger partial charge on any atom is 0.264 e. The van der Waals surface area contributed by atoms with Gasteiger partial charge in [0.15, 0.2) is 6.10 Å². The van der Waals surface area contributed by atoms with Crippen molar-refractivity contribution in [2.45, 2.75) is 18.9 Å². The molecule has 5 rings (SSSR count). The van der Waals surface area contributed by atoms with Gasteiger partial charge >= 0.3 is 0 Å².